The zero-order chi connectivity index (χ0) is 43.5. The fourth-order valence-corrected chi connectivity index (χ4v) is 7.44. The van der Waals surface area contributed by atoms with Crippen LogP contribution >= 0.6 is 0 Å². The molecule has 0 atom stereocenters. The van der Waals surface area contributed by atoms with Crippen molar-refractivity contribution >= 4 is 43.6 Å². The van der Waals surface area contributed by atoms with E-state index in [0.717, 1.165) is 33.4 Å². The second kappa shape index (κ2) is 13.2. The van der Waals surface area contributed by atoms with Crippen molar-refractivity contribution in [2.24, 2.45) is 0 Å². The van der Waals surface area contributed by atoms with Crippen molar-refractivity contribution in [2.75, 3.05) is 0 Å². The molecule has 8 aromatic rings. The highest BCUT2D eigenvalue weighted by atomic mass is 19.4. The zero-order valence-electron chi connectivity index (χ0n) is 29.4. The third-order valence-electron chi connectivity index (χ3n) is 10.0. The third-order valence-corrected chi connectivity index (χ3v) is 10.0. The highest BCUT2D eigenvalue weighted by Crippen LogP contribution is 2.48. The molecule has 2 heterocycles. The number of halogens is 15. The van der Waals surface area contributed by atoms with Crippen LogP contribution in [0.2, 0.25) is 0 Å². The third kappa shape index (κ3) is 6.71. The van der Waals surface area contributed by atoms with Gasteiger partial charge in [0.05, 0.1) is 72.9 Å². The highest BCUT2D eigenvalue weighted by molar-refractivity contribution is 6.12. The number of fused-ring (bicyclic) bond motifs is 6. The molecule has 60 heavy (non-hydrogen) atoms. The Morgan fingerprint density at radius 3 is 0.967 bits per heavy atom. The van der Waals surface area contributed by atoms with Crippen molar-refractivity contribution in [3.8, 4) is 28.6 Å². The van der Waals surface area contributed by atoms with Gasteiger partial charge in [0.25, 0.3) is 0 Å². The van der Waals surface area contributed by atoms with Crippen LogP contribution in [0.4, 0.5) is 65.9 Å². The Bertz CT molecular complexity index is 2780. The summed E-state index contributed by atoms with van der Waals surface area (Å²) in [5.74, 6) is 0. The van der Waals surface area contributed by atoms with Crippen molar-refractivity contribution in [1.82, 2.24) is 9.13 Å². The van der Waals surface area contributed by atoms with Gasteiger partial charge in [-0.05, 0) is 103 Å². The first-order chi connectivity index (χ1) is 27.9. The van der Waals surface area contributed by atoms with Crippen LogP contribution < -0.4 is 0 Å². The molecule has 0 aliphatic rings. The number of benzene rings is 6. The molecular formula is C42H18F15N3. The normalized spacial score (nSPS) is 13.2. The number of nitrogens with zero attached hydrogens (tertiary/aromatic N) is 3. The maximum atomic E-state index is 15.1. The van der Waals surface area contributed by atoms with Crippen LogP contribution in [0.1, 0.15) is 33.4 Å². The van der Waals surface area contributed by atoms with Gasteiger partial charge >= 0.3 is 30.9 Å². The molecule has 3 nitrogen and oxygen atoms in total. The minimum Gasteiger partial charge on any atom is -0.309 e. The maximum absolute atomic E-state index is 15.1. The van der Waals surface area contributed by atoms with Crippen LogP contribution in [0.15, 0.2) is 109 Å². The molecule has 0 amide bonds. The number of nitriles is 1. The van der Waals surface area contributed by atoms with Crippen molar-refractivity contribution in [2.45, 2.75) is 30.9 Å². The number of rotatable bonds is 3. The molecule has 0 fully saturated rings. The molecule has 0 spiro atoms. The standard InChI is InChI=1S/C42H18F15N3/c43-38(44,45)22-4-8-31-27(13-22)28-14-23(39(46,47)48)5-9-32(28)59(31)35-17-26(42(55,56)57)18-36(37(35)21-3-1-2-20(12-21)19-58)60-33-10-6-24(40(49,50)51)15-29(33)30-16-25(41(52,53)54)7-11-34(30)60/h1-18H. The van der Waals surface area contributed by atoms with E-state index in [1.165, 1.54) is 24.3 Å². The minimum absolute atomic E-state index is 0.0737. The maximum Gasteiger partial charge on any atom is 0.416 e. The molecule has 8 rings (SSSR count). The molecule has 306 valence electrons. The second-order valence-electron chi connectivity index (χ2n) is 13.7. The van der Waals surface area contributed by atoms with E-state index in [1.54, 1.807) is 0 Å². The second-order valence-corrected chi connectivity index (χ2v) is 13.7. The minimum atomic E-state index is -5.27. The summed E-state index contributed by atoms with van der Waals surface area (Å²) in [6.07, 6.45) is -25.4. The Labute approximate surface area is 325 Å². The Morgan fingerprint density at radius 2 is 0.683 bits per heavy atom. The molecule has 0 aliphatic heterocycles. The van der Waals surface area contributed by atoms with Gasteiger partial charge in [0.15, 0.2) is 0 Å². The van der Waals surface area contributed by atoms with Crippen molar-refractivity contribution in [3.05, 3.63) is 143 Å². The monoisotopic (exact) mass is 849 g/mol. The van der Waals surface area contributed by atoms with Crippen LogP contribution in [0.25, 0.3) is 66.1 Å². The van der Waals surface area contributed by atoms with Gasteiger partial charge in [0, 0.05) is 27.1 Å². The van der Waals surface area contributed by atoms with Crippen LogP contribution in [-0.2, 0) is 30.9 Å². The highest BCUT2D eigenvalue weighted by Gasteiger charge is 2.38. The van der Waals surface area contributed by atoms with Gasteiger partial charge in [-0.25, -0.2) is 0 Å². The molecule has 18 heteroatoms. The van der Waals surface area contributed by atoms with Gasteiger partial charge in [-0.3, -0.25) is 0 Å². The average molecular weight is 850 g/mol. The summed E-state index contributed by atoms with van der Waals surface area (Å²) in [6, 6.07) is 15.9. The molecule has 0 unspecified atom stereocenters. The SMILES string of the molecule is N#Cc1cccc(-c2c(-n3c4ccc(C(F)(F)F)cc4c4cc(C(F)(F)F)ccc43)cc(C(F)(F)F)cc2-n2c3ccc(C(F)(F)F)cc3c3cc(C(F)(F)F)ccc32)c1. The molecular weight excluding hydrogens is 831 g/mol. The lowest BCUT2D eigenvalue weighted by Crippen LogP contribution is -2.11. The van der Waals surface area contributed by atoms with Gasteiger partial charge in [0.2, 0.25) is 0 Å². The Morgan fingerprint density at radius 1 is 0.367 bits per heavy atom. The van der Waals surface area contributed by atoms with E-state index < -0.39 is 91.6 Å². The van der Waals surface area contributed by atoms with Gasteiger partial charge in [-0.15, -0.1) is 0 Å². The summed E-state index contributed by atoms with van der Waals surface area (Å²) in [6.45, 7) is 0. The van der Waals surface area contributed by atoms with E-state index in [0.29, 0.717) is 60.7 Å². The summed E-state index contributed by atoms with van der Waals surface area (Å²) >= 11 is 0. The molecule has 0 N–H and O–H groups in total. The molecule has 0 bridgehead atoms. The van der Waals surface area contributed by atoms with Crippen molar-refractivity contribution in [3.63, 3.8) is 0 Å². The van der Waals surface area contributed by atoms with E-state index >= 15 is 13.2 Å². The summed E-state index contributed by atoms with van der Waals surface area (Å²) in [7, 11) is 0. The van der Waals surface area contributed by atoms with Crippen LogP contribution in [0.3, 0.4) is 0 Å². The first-order valence-corrected chi connectivity index (χ1v) is 17.1. The number of hydrogen-bond acceptors (Lipinski definition) is 1. The van der Waals surface area contributed by atoms with E-state index in [9.17, 15) is 57.9 Å². The fourth-order valence-electron chi connectivity index (χ4n) is 7.44. The van der Waals surface area contributed by atoms with Crippen molar-refractivity contribution in [1.29, 1.82) is 5.26 Å². The molecule has 0 saturated heterocycles. The lowest BCUT2D eigenvalue weighted by molar-refractivity contribution is -0.138. The van der Waals surface area contributed by atoms with E-state index in [2.05, 4.69) is 0 Å². The lowest BCUT2D eigenvalue weighted by Gasteiger charge is -2.23. The molecule has 0 saturated carbocycles. The average Bonchev–Trinajstić information content (AvgIpc) is 3.67. The Kier molecular flexibility index (Phi) is 8.82. The zero-order valence-corrected chi connectivity index (χ0v) is 29.4. The largest absolute Gasteiger partial charge is 0.416 e. The van der Waals surface area contributed by atoms with Gasteiger partial charge in [0.1, 0.15) is 0 Å². The number of aromatic nitrogens is 2. The van der Waals surface area contributed by atoms with Gasteiger partial charge < -0.3 is 9.13 Å². The summed E-state index contributed by atoms with van der Waals surface area (Å²) in [4.78, 5) is 0. The number of hydrogen-bond donors (Lipinski definition) is 0. The summed E-state index contributed by atoms with van der Waals surface area (Å²) in [5.41, 5.74) is -9.48. The van der Waals surface area contributed by atoms with Crippen LogP contribution in [0, 0.1) is 11.3 Å². The number of alkyl halides is 15. The lowest BCUT2D eigenvalue weighted by atomic mass is 9.96. The molecule has 2 aromatic heterocycles. The quantitative estimate of drug-likeness (QED) is 0.163. The first kappa shape index (κ1) is 40.2. The predicted octanol–water partition coefficient (Wildman–Crippen LogP) is 14.5. The van der Waals surface area contributed by atoms with E-state index in [1.807, 2.05) is 6.07 Å². The Hall–Kier alpha value is -6.64. The topological polar surface area (TPSA) is 33.6 Å². The molecule has 0 radical (unpaired) electrons. The van der Waals surface area contributed by atoms with Crippen molar-refractivity contribution < 1.29 is 65.9 Å². The van der Waals surface area contributed by atoms with Gasteiger partial charge in [-0.2, -0.15) is 71.1 Å². The van der Waals surface area contributed by atoms with Crippen LogP contribution in [0.5, 0.6) is 0 Å². The Balaban J connectivity index is 1.61. The molecule has 0 aliphatic carbocycles. The van der Waals surface area contributed by atoms with Crippen LogP contribution in [-0.4, -0.2) is 9.13 Å². The van der Waals surface area contributed by atoms with E-state index in [4.69, 9.17) is 0 Å². The summed E-state index contributed by atoms with van der Waals surface area (Å²) < 4.78 is 216. The first-order valence-electron chi connectivity index (χ1n) is 17.1. The fraction of sp³-hybridized carbons (Fsp3) is 0.119. The van der Waals surface area contributed by atoms with E-state index in [-0.39, 0.29) is 38.8 Å². The molecule has 6 aromatic carbocycles. The predicted molar refractivity (Wildman–Crippen MR) is 190 cm³/mol. The smallest absolute Gasteiger partial charge is 0.309 e. The summed E-state index contributed by atoms with van der Waals surface area (Å²) in [5, 5.41) is 7.98. The van der Waals surface area contributed by atoms with Gasteiger partial charge in [-0.1, -0.05) is 12.1 Å².